The summed E-state index contributed by atoms with van der Waals surface area (Å²) in [4.78, 5) is 8.12. The van der Waals surface area contributed by atoms with Gasteiger partial charge in [0.2, 0.25) is 10.0 Å². The van der Waals surface area contributed by atoms with Crippen LogP contribution >= 0.6 is 11.8 Å². The SMILES string of the molecule is CCN(CC)S(=O)(=O)c1ccc2nc(CSCc3cccc(OC)c3)[nH]c2c1. The molecule has 0 amide bonds. The van der Waals surface area contributed by atoms with E-state index in [0.717, 1.165) is 28.4 Å². The van der Waals surface area contributed by atoms with Gasteiger partial charge in [-0.1, -0.05) is 26.0 Å². The molecule has 0 bridgehead atoms. The van der Waals surface area contributed by atoms with Gasteiger partial charge in [-0.15, -0.1) is 11.8 Å². The van der Waals surface area contributed by atoms with Gasteiger partial charge in [-0.25, -0.2) is 13.4 Å². The van der Waals surface area contributed by atoms with Gasteiger partial charge in [-0.3, -0.25) is 0 Å². The maximum atomic E-state index is 12.7. The van der Waals surface area contributed by atoms with Gasteiger partial charge in [0.25, 0.3) is 0 Å². The quantitative estimate of drug-likeness (QED) is 0.567. The van der Waals surface area contributed by atoms with E-state index in [1.165, 1.54) is 9.87 Å². The van der Waals surface area contributed by atoms with Crippen molar-refractivity contribution < 1.29 is 13.2 Å². The molecule has 0 saturated heterocycles. The summed E-state index contributed by atoms with van der Waals surface area (Å²) in [5, 5.41) is 0. The molecule has 8 heteroatoms. The summed E-state index contributed by atoms with van der Waals surface area (Å²) < 4.78 is 32.1. The Bertz CT molecular complexity index is 1040. The van der Waals surface area contributed by atoms with Gasteiger partial charge in [0.15, 0.2) is 0 Å². The van der Waals surface area contributed by atoms with Gasteiger partial charge in [0.1, 0.15) is 11.6 Å². The Morgan fingerprint density at radius 1 is 1.11 bits per heavy atom. The van der Waals surface area contributed by atoms with Crippen molar-refractivity contribution in [2.45, 2.75) is 30.2 Å². The van der Waals surface area contributed by atoms with E-state index in [9.17, 15) is 8.42 Å². The van der Waals surface area contributed by atoms with E-state index < -0.39 is 10.0 Å². The average molecular weight is 420 g/mol. The van der Waals surface area contributed by atoms with Crippen LogP contribution in [0.1, 0.15) is 25.2 Å². The van der Waals surface area contributed by atoms with Gasteiger partial charge in [0.05, 0.1) is 28.8 Å². The van der Waals surface area contributed by atoms with E-state index in [1.54, 1.807) is 37.1 Å². The number of nitrogens with one attached hydrogen (secondary N) is 1. The Labute approximate surface area is 170 Å². The third-order valence-corrected chi connectivity index (χ3v) is 7.55. The molecule has 0 unspecified atom stereocenters. The van der Waals surface area contributed by atoms with Crippen LogP contribution in [-0.4, -0.2) is 42.9 Å². The topological polar surface area (TPSA) is 75.3 Å². The number of imidazole rings is 1. The molecule has 3 aromatic rings. The molecule has 0 aliphatic carbocycles. The van der Waals surface area contributed by atoms with Crippen LogP contribution < -0.4 is 4.74 Å². The lowest BCUT2D eigenvalue weighted by Gasteiger charge is -2.18. The molecule has 28 heavy (non-hydrogen) atoms. The zero-order valence-electron chi connectivity index (χ0n) is 16.3. The van der Waals surface area contributed by atoms with Gasteiger partial charge in [-0.05, 0) is 35.9 Å². The summed E-state index contributed by atoms with van der Waals surface area (Å²) in [5.74, 6) is 3.24. The van der Waals surface area contributed by atoms with E-state index in [-0.39, 0.29) is 0 Å². The second-order valence-corrected chi connectivity index (χ2v) is 9.22. The molecule has 0 saturated carbocycles. The molecule has 6 nitrogen and oxygen atoms in total. The molecule has 0 fully saturated rings. The summed E-state index contributed by atoms with van der Waals surface area (Å²) in [5.41, 5.74) is 2.70. The number of ether oxygens (including phenoxy) is 1. The van der Waals surface area contributed by atoms with Crippen molar-refractivity contribution in [3.05, 3.63) is 53.9 Å². The smallest absolute Gasteiger partial charge is 0.243 e. The normalized spacial score (nSPS) is 12.0. The van der Waals surface area contributed by atoms with Crippen LogP contribution in [-0.2, 0) is 21.5 Å². The van der Waals surface area contributed by atoms with Crippen LogP contribution in [0.5, 0.6) is 5.75 Å². The second-order valence-electron chi connectivity index (χ2n) is 6.30. The fourth-order valence-electron chi connectivity index (χ4n) is 3.01. The standard InChI is InChI=1S/C20H25N3O3S2/c1-4-23(5-2)28(24,25)17-9-10-18-19(12-17)22-20(21-18)14-27-13-15-7-6-8-16(11-15)26-3/h6-12H,4-5,13-14H2,1-3H3,(H,21,22). The molecular weight excluding hydrogens is 394 g/mol. The minimum Gasteiger partial charge on any atom is -0.497 e. The predicted octanol–water partition coefficient (Wildman–Crippen LogP) is 4.04. The third kappa shape index (κ3) is 4.51. The molecule has 1 N–H and O–H groups in total. The Morgan fingerprint density at radius 3 is 2.61 bits per heavy atom. The van der Waals surface area contributed by atoms with Gasteiger partial charge in [-0.2, -0.15) is 4.31 Å². The summed E-state index contributed by atoms with van der Waals surface area (Å²) in [6, 6.07) is 13.1. The highest BCUT2D eigenvalue weighted by molar-refractivity contribution is 7.97. The van der Waals surface area contributed by atoms with Crippen LogP contribution in [0.2, 0.25) is 0 Å². The number of methoxy groups -OCH3 is 1. The van der Waals surface area contributed by atoms with E-state index in [2.05, 4.69) is 16.0 Å². The fraction of sp³-hybridized carbons (Fsp3) is 0.350. The van der Waals surface area contributed by atoms with Crippen LogP contribution in [0.25, 0.3) is 11.0 Å². The number of benzene rings is 2. The zero-order valence-corrected chi connectivity index (χ0v) is 17.9. The lowest BCUT2D eigenvalue weighted by Crippen LogP contribution is -2.30. The minimum absolute atomic E-state index is 0.294. The molecule has 0 aliphatic heterocycles. The van der Waals surface area contributed by atoms with Crippen molar-refractivity contribution in [3.63, 3.8) is 0 Å². The monoisotopic (exact) mass is 419 g/mol. The van der Waals surface area contributed by atoms with Crippen LogP contribution in [0.3, 0.4) is 0 Å². The molecule has 1 aromatic heterocycles. The molecule has 2 aromatic carbocycles. The predicted molar refractivity (Wildman–Crippen MR) is 114 cm³/mol. The fourth-order valence-corrected chi connectivity index (χ4v) is 5.34. The van der Waals surface area contributed by atoms with E-state index in [4.69, 9.17) is 4.74 Å². The number of hydrogen-bond donors (Lipinski definition) is 1. The molecule has 3 rings (SSSR count). The van der Waals surface area contributed by atoms with Crippen LogP contribution in [0, 0.1) is 0 Å². The first-order valence-electron chi connectivity index (χ1n) is 9.17. The summed E-state index contributed by atoms with van der Waals surface area (Å²) in [6.07, 6.45) is 0. The van der Waals surface area contributed by atoms with Crippen molar-refractivity contribution in [2.24, 2.45) is 0 Å². The molecule has 1 heterocycles. The molecular formula is C20H25N3O3S2. The van der Waals surface area contributed by atoms with E-state index in [1.807, 2.05) is 32.0 Å². The molecule has 0 aliphatic rings. The van der Waals surface area contributed by atoms with E-state index >= 15 is 0 Å². The Balaban J connectivity index is 1.72. The highest BCUT2D eigenvalue weighted by Gasteiger charge is 2.22. The van der Waals surface area contributed by atoms with Gasteiger partial charge < -0.3 is 9.72 Å². The second kappa shape index (κ2) is 8.98. The summed E-state index contributed by atoms with van der Waals surface area (Å²) in [7, 11) is -1.81. The maximum absolute atomic E-state index is 12.7. The van der Waals surface area contributed by atoms with Crippen LogP contribution in [0.15, 0.2) is 47.4 Å². The van der Waals surface area contributed by atoms with Crippen molar-refractivity contribution in [1.29, 1.82) is 0 Å². The first-order chi connectivity index (χ1) is 13.5. The van der Waals surface area contributed by atoms with E-state index in [0.29, 0.717) is 23.7 Å². The Morgan fingerprint density at radius 2 is 1.89 bits per heavy atom. The Hall–Kier alpha value is -2.03. The number of sulfonamides is 1. The Kier molecular flexibility index (Phi) is 6.64. The van der Waals surface area contributed by atoms with Crippen LogP contribution in [0.4, 0.5) is 0 Å². The number of aromatic amines is 1. The summed E-state index contributed by atoms with van der Waals surface area (Å²) >= 11 is 1.74. The van der Waals surface area contributed by atoms with Crippen molar-refractivity contribution in [2.75, 3.05) is 20.2 Å². The number of H-pyrrole nitrogens is 1. The van der Waals surface area contributed by atoms with Gasteiger partial charge >= 0.3 is 0 Å². The number of nitrogens with zero attached hydrogens (tertiary/aromatic N) is 2. The molecule has 0 radical (unpaired) electrons. The first kappa shape index (κ1) is 20.7. The summed E-state index contributed by atoms with van der Waals surface area (Å²) in [6.45, 7) is 4.58. The number of aromatic nitrogens is 2. The minimum atomic E-state index is -3.47. The molecule has 0 spiro atoms. The first-order valence-corrected chi connectivity index (χ1v) is 11.8. The maximum Gasteiger partial charge on any atom is 0.243 e. The van der Waals surface area contributed by atoms with Crippen molar-refractivity contribution >= 4 is 32.8 Å². The average Bonchev–Trinajstić information content (AvgIpc) is 3.11. The number of hydrogen-bond acceptors (Lipinski definition) is 5. The third-order valence-electron chi connectivity index (χ3n) is 4.49. The number of thioether (sulfide) groups is 1. The number of fused-ring (bicyclic) bond motifs is 1. The zero-order chi connectivity index (χ0) is 20.1. The highest BCUT2D eigenvalue weighted by Crippen LogP contribution is 2.24. The van der Waals surface area contributed by atoms with Gasteiger partial charge in [0, 0.05) is 18.8 Å². The lowest BCUT2D eigenvalue weighted by molar-refractivity contribution is 0.414. The molecule has 0 atom stereocenters. The highest BCUT2D eigenvalue weighted by atomic mass is 32.2. The number of rotatable bonds is 9. The molecule has 150 valence electrons. The largest absolute Gasteiger partial charge is 0.497 e. The van der Waals surface area contributed by atoms with Crippen molar-refractivity contribution in [3.8, 4) is 5.75 Å². The van der Waals surface area contributed by atoms with Crippen molar-refractivity contribution in [1.82, 2.24) is 14.3 Å². The lowest BCUT2D eigenvalue weighted by atomic mass is 10.2.